The fourth-order valence-electron chi connectivity index (χ4n) is 2.13. The summed E-state index contributed by atoms with van der Waals surface area (Å²) in [5.41, 5.74) is 2.44. The van der Waals surface area contributed by atoms with Crippen molar-refractivity contribution in [1.29, 1.82) is 0 Å². The summed E-state index contributed by atoms with van der Waals surface area (Å²) in [5.74, 6) is 0.508. The molecule has 0 bridgehead atoms. The first-order valence-corrected chi connectivity index (χ1v) is 8.86. The highest BCUT2D eigenvalue weighted by Crippen LogP contribution is 2.26. The summed E-state index contributed by atoms with van der Waals surface area (Å²) < 4.78 is 0. The number of amides is 1. The molecule has 1 amide bonds. The number of nitrogens with zero attached hydrogens (tertiary/aromatic N) is 3. The number of aromatic nitrogens is 4. The maximum atomic E-state index is 12.4. The number of thioether (sulfide) groups is 1. The Morgan fingerprint density at radius 3 is 2.80 bits per heavy atom. The van der Waals surface area contributed by atoms with Crippen molar-refractivity contribution in [2.45, 2.75) is 24.3 Å². The molecule has 1 atom stereocenters. The molecule has 2 N–H and O–H groups in total. The van der Waals surface area contributed by atoms with Gasteiger partial charge in [0.25, 0.3) is 0 Å². The summed E-state index contributed by atoms with van der Waals surface area (Å²) in [6.45, 7) is 3.67. The number of halogens is 1. The molecule has 0 saturated heterocycles. The maximum Gasteiger partial charge on any atom is 0.237 e. The van der Waals surface area contributed by atoms with E-state index in [0.29, 0.717) is 21.7 Å². The average molecular weight is 374 g/mol. The van der Waals surface area contributed by atoms with Crippen molar-refractivity contribution in [2.24, 2.45) is 0 Å². The van der Waals surface area contributed by atoms with E-state index >= 15 is 0 Å². The third-order valence-corrected chi connectivity index (χ3v) is 4.97. The van der Waals surface area contributed by atoms with Crippen molar-refractivity contribution in [3.05, 3.63) is 53.3 Å². The zero-order valence-corrected chi connectivity index (χ0v) is 15.2. The van der Waals surface area contributed by atoms with Crippen molar-refractivity contribution in [3.8, 4) is 11.4 Å². The molecule has 2 aromatic heterocycles. The summed E-state index contributed by atoms with van der Waals surface area (Å²) in [4.78, 5) is 20.8. The van der Waals surface area contributed by atoms with Crippen LogP contribution >= 0.6 is 23.4 Å². The number of carbonyl (C=O) groups excluding carboxylic acids is 1. The fourth-order valence-corrected chi connectivity index (χ4v) is 3.03. The van der Waals surface area contributed by atoms with Crippen molar-refractivity contribution >= 4 is 35.0 Å². The smallest absolute Gasteiger partial charge is 0.237 e. The second kappa shape index (κ2) is 7.67. The molecule has 3 rings (SSSR count). The van der Waals surface area contributed by atoms with Crippen LogP contribution in [0.1, 0.15) is 12.5 Å². The zero-order chi connectivity index (χ0) is 17.8. The minimum Gasteiger partial charge on any atom is -0.325 e. The number of hydrogen-bond donors (Lipinski definition) is 2. The number of pyridine rings is 1. The maximum absolute atomic E-state index is 12.4. The Morgan fingerprint density at radius 1 is 1.28 bits per heavy atom. The monoisotopic (exact) mass is 373 g/mol. The largest absolute Gasteiger partial charge is 0.325 e. The average Bonchev–Trinajstić information content (AvgIpc) is 3.08. The Balaban J connectivity index is 1.66. The first kappa shape index (κ1) is 17.4. The van der Waals surface area contributed by atoms with E-state index in [4.69, 9.17) is 11.6 Å². The van der Waals surface area contributed by atoms with Gasteiger partial charge in [0.15, 0.2) is 5.82 Å². The normalized spacial score (nSPS) is 12.0. The van der Waals surface area contributed by atoms with E-state index < -0.39 is 0 Å². The SMILES string of the molecule is Cc1c(Cl)cccc1NC(=O)[C@@H](C)Sc1n[nH]c(-c2ccncc2)n1. The molecular weight excluding hydrogens is 358 g/mol. The van der Waals surface area contributed by atoms with Gasteiger partial charge in [0, 0.05) is 28.7 Å². The molecule has 25 heavy (non-hydrogen) atoms. The van der Waals surface area contributed by atoms with Gasteiger partial charge in [0.2, 0.25) is 11.1 Å². The van der Waals surface area contributed by atoms with Gasteiger partial charge in [0.1, 0.15) is 0 Å². The number of benzene rings is 1. The van der Waals surface area contributed by atoms with Crippen LogP contribution in [-0.2, 0) is 4.79 Å². The Hall–Kier alpha value is -2.38. The van der Waals surface area contributed by atoms with Crippen LogP contribution < -0.4 is 5.32 Å². The van der Waals surface area contributed by atoms with Crippen molar-refractivity contribution < 1.29 is 4.79 Å². The molecule has 0 aliphatic rings. The van der Waals surface area contributed by atoms with Gasteiger partial charge in [0.05, 0.1) is 5.25 Å². The lowest BCUT2D eigenvalue weighted by molar-refractivity contribution is -0.115. The quantitative estimate of drug-likeness (QED) is 0.661. The Kier molecular flexibility index (Phi) is 5.35. The van der Waals surface area contributed by atoms with Crippen LogP contribution in [0.15, 0.2) is 47.9 Å². The Bertz CT molecular complexity index is 884. The summed E-state index contributed by atoms with van der Waals surface area (Å²) in [7, 11) is 0. The minimum atomic E-state index is -0.362. The standard InChI is InChI=1S/C17H16ClN5OS/c1-10-13(18)4-3-5-14(10)20-16(24)11(2)25-17-21-15(22-23-17)12-6-8-19-9-7-12/h3-9,11H,1-2H3,(H,20,24)(H,21,22,23)/t11-/m1/s1. The van der Waals surface area contributed by atoms with E-state index in [1.54, 1.807) is 24.5 Å². The van der Waals surface area contributed by atoms with Gasteiger partial charge < -0.3 is 5.32 Å². The molecule has 2 heterocycles. The fraction of sp³-hybridized carbons (Fsp3) is 0.176. The molecule has 0 fully saturated rings. The first-order valence-electron chi connectivity index (χ1n) is 7.60. The van der Waals surface area contributed by atoms with Crippen LogP contribution in [0.3, 0.4) is 0 Å². The van der Waals surface area contributed by atoms with Crippen molar-refractivity contribution in [1.82, 2.24) is 20.2 Å². The van der Waals surface area contributed by atoms with Gasteiger partial charge in [-0.3, -0.25) is 14.9 Å². The number of anilines is 1. The van der Waals surface area contributed by atoms with E-state index in [9.17, 15) is 4.79 Å². The van der Waals surface area contributed by atoms with Gasteiger partial charge in [-0.2, -0.15) is 0 Å². The second-order valence-corrected chi connectivity index (χ2v) is 7.08. The second-order valence-electron chi connectivity index (χ2n) is 5.36. The number of nitrogens with one attached hydrogen (secondary N) is 2. The van der Waals surface area contributed by atoms with Crippen LogP contribution in [0.25, 0.3) is 11.4 Å². The summed E-state index contributed by atoms with van der Waals surface area (Å²) in [6, 6.07) is 9.10. The van der Waals surface area contributed by atoms with E-state index in [1.165, 1.54) is 11.8 Å². The van der Waals surface area contributed by atoms with Crippen LogP contribution in [0.5, 0.6) is 0 Å². The molecule has 0 radical (unpaired) electrons. The van der Waals surface area contributed by atoms with Gasteiger partial charge in [-0.1, -0.05) is 29.4 Å². The Morgan fingerprint density at radius 2 is 2.04 bits per heavy atom. The van der Waals surface area contributed by atoms with Gasteiger partial charge in [-0.25, -0.2) is 4.98 Å². The third-order valence-electron chi connectivity index (χ3n) is 3.60. The molecule has 8 heteroatoms. The number of aromatic amines is 1. The van der Waals surface area contributed by atoms with E-state index in [0.717, 1.165) is 11.1 Å². The van der Waals surface area contributed by atoms with Crippen LogP contribution in [-0.4, -0.2) is 31.3 Å². The van der Waals surface area contributed by atoms with E-state index in [2.05, 4.69) is 25.5 Å². The molecule has 6 nitrogen and oxygen atoms in total. The number of rotatable bonds is 5. The predicted molar refractivity (Wildman–Crippen MR) is 99.8 cm³/mol. The minimum absolute atomic E-state index is 0.134. The van der Waals surface area contributed by atoms with Crippen LogP contribution in [0.4, 0.5) is 5.69 Å². The first-order chi connectivity index (χ1) is 12.0. The van der Waals surface area contributed by atoms with Crippen LogP contribution in [0, 0.1) is 6.92 Å². The molecule has 0 unspecified atom stereocenters. The molecular formula is C17H16ClN5OS. The number of hydrogen-bond acceptors (Lipinski definition) is 5. The molecule has 0 saturated carbocycles. The predicted octanol–water partition coefficient (Wildman–Crippen LogP) is 3.95. The summed E-state index contributed by atoms with van der Waals surface area (Å²) in [6.07, 6.45) is 3.38. The third kappa shape index (κ3) is 4.18. The number of carbonyl (C=O) groups is 1. The van der Waals surface area contributed by atoms with E-state index in [1.807, 2.05) is 32.0 Å². The highest BCUT2D eigenvalue weighted by atomic mass is 35.5. The van der Waals surface area contributed by atoms with Gasteiger partial charge >= 0.3 is 0 Å². The topological polar surface area (TPSA) is 83.6 Å². The van der Waals surface area contributed by atoms with E-state index in [-0.39, 0.29) is 11.2 Å². The van der Waals surface area contributed by atoms with Gasteiger partial charge in [-0.05, 0) is 43.7 Å². The lowest BCUT2D eigenvalue weighted by atomic mass is 10.2. The molecule has 3 aromatic rings. The Labute approximate surface area is 154 Å². The molecule has 128 valence electrons. The summed E-state index contributed by atoms with van der Waals surface area (Å²) in [5, 5.41) is 10.7. The molecule has 0 aliphatic heterocycles. The molecule has 0 aliphatic carbocycles. The molecule has 0 spiro atoms. The van der Waals surface area contributed by atoms with Gasteiger partial charge in [-0.15, -0.1) is 5.10 Å². The zero-order valence-electron chi connectivity index (χ0n) is 13.7. The summed E-state index contributed by atoms with van der Waals surface area (Å²) >= 11 is 7.36. The lowest BCUT2D eigenvalue weighted by Gasteiger charge is -2.12. The number of H-pyrrole nitrogens is 1. The molecule has 1 aromatic carbocycles. The van der Waals surface area contributed by atoms with Crippen LogP contribution in [0.2, 0.25) is 5.02 Å². The highest BCUT2D eigenvalue weighted by Gasteiger charge is 2.18. The van der Waals surface area contributed by atoms with Crippen molar-refractivity contribution in [2.75, 3.05) is 5.32 Å². The highest BCUT2D eigenvalue weighted by molar-refractivity contribution is 8.00. The lowest BCUT2D eigenvalue weighted by Crippen LogP contribution is -2.23. The van der Waals surface area contributed by atoms with Crippen molar-refractivity contribution in [3.63, 3.8) is 0 Å².